The molecular weight excluding hydrogens is 266 g/mol. The van der Waals surface area contributed by atoms with Gasteiger partial charge in [-0.3, -0.25) is 9.59 Å². The van der Waals surface area contributed by atoms with Crippen LogP contribution in [0.2, 0.25) is 0 Å². The van der Waals surface area contributed by atoms with E-state index < -0.39 is 5.60 Å². The number of carbonyl (C=O) groups is 2. The zero-order valence-electron chi connectivity index (χ0n) is 13.9. The van der Waals surface area contributed by atoms with Crippen LogP contribution in [0.3, 0.4) is 0 Å². The van der Waals surface area contributed by atoms with Crippen molar-refractivity contribution in [3.63, 3.8) is 0 Å². The summed E-state index contributed by atoms with van der Waals surface area (Å²) in [6.07, 6.45) is 8.17. The highest BCUT2D eigenvalue weighted by atomic mass is 16.5. The number of hydrogen-bond acceptors (Lipinski definition) is 3. The molecule has 21 heavy (non-hydrogen) atoms. The fraction of sp³-hybridized carbons (Fsp3) is 0.765. The number of allylic oxidation sites excluding steroid dienone is 1. The quantitative estimate of drug-likeness (QED) is 0.580. The fourth-order valence-corrected chi connectivity index (χ4v) is 2.93. The molecule has 120 valence electrons. The van der Waals surface area contributed by atoms with Gasteiger partial charge in [0, 0.05) is 18.6 Å². The molecule has 1 aliphatic carbocycles. The first kappa shape index (κ1) is 17.9. The number of amides is 1. The lowest BCUT2D eigenvalue weighted by Crippen LogP contribution is -2.48. The number of ketones is 1. The maximum atomic E-state index is 11.8. The molecule has 0 aromatic carbocycles. The third-order valence-corrected chi connectivity index (χ3v) is 4.89. The molecule has 1 unspecified atom stereocenters. The number of carbonyl (C=O) groups excluding carboxylic acids is 2. The first-order valence-electron chi connectivity index (χ1n) is 7.76. The van der Waals surface area contributed by atoms with E-state index >= 15 is 0 Å². The van der Waals surface area contributed by atoms with E-state index in [2.05, 4.69) is 12.2 Å². The predicted octanol–water partition coefficient (Wildman–Crippen LogP) is 2.87. The van der Waals surface area contributed by atoms with Crippen molar-refractivity contribution in [1.29, 1.82) is 0 Å². The Morgan fingerprint density at radius 3 is 2.38 bits per heavy atom. The summed E-state index contributed by atoms with van der Waals surface area (Å²) in [6, 6.07) is 0. The summed E-state index contributed by atoms with van der Waals surface area (Å²) < 4.78 is 5.71. The van der Waals surface area contributed by atoms with E-state index in [-0.39, 0.29) is 17.2 Å². The van der Waals surface area contributed by atoms with Crippen molar-refractivity contribution >= 4 is 12.2 Å². The van der Waals surface area contributed by atoms with Gasteiger partial charge in [-0.2, -0.15) is 0 Å². The van der Waals surface area contributed by atoms with Gasteiger partial charge in [-0.1, -0.05) is 13.8 Å². The average molecular weight is 295 g/mol. The van der Waals surface area contributed by atoms with E-state index in [0.29, 0.717) is 5.92 Å². The third-order valence-electron chi connectivity index (χ3n) is 4.89. The molecule has 1 saturated carbocycles. The standard InChI is InChI=1S/C17H29NO3/c1-13(2)15(20)8-11-17(4,21-5)14-6-9-16(3,10-7-14)18-12-19/h8,11-14H,6-7,9-10H2,1-5H3,(H,18,19). The van der Waals surface area contributed by atoms with Crippen LogP contribution in [0.25, 0.3) is 0 Å². The van der Waals surface area contributed by atoms with Crippen LogP contribution in [0.5, 0.6) is 0 Å². The predicted molar refractivity (Wildman–Crippen MR) is 84.0 cm³/mol. The van der Waals surface area contributed by atoms with Crippen molar-refractivity contribution in [2.24, 2.45) is 11.8 Å². The molecule has 1 N–H and O–H groups in total. The lowest BCUT2D eigenvalue weighted by molar-refractivity contribution is -0.117. The molecule has 0 aliphatic heterocycles. The van der Waals surface area contributed by atoms with Crippen LogP contribution in [-0.4, -0.2) is 30.4 Å². The summed E-state index contributed by atoms with van der Waals surface area (Å²) in [5, 5.41) is 2.92. The molecule has 1 aliphatic rings. The minimum atomic E-state index is -0.424. The highest BCUT2D eigenvalue weighted by Crippen LogP contribution is 2.39. The molecule has 0 bridgehead atoms. The molecule has 0 heterocycles. The van der Waals surface area contributed by atoms with E-state index in [4.69, 9.17) is 4.74 Å². The second-order valence-corrected chi connectivity index (χ2v) is 6.88. The minimum Gasteiger partial charge on any atom is -0.374 e. The van der Waals surface area contributed by atoms with Gasteiger partial charge in [0.25, 0.3) is 0 Å². The SMILES string of the molecule is COC(C)(C=CC(=O)C(C)C)C1CCC(C)(NC=O)CC1. The normalized spacial score (nSPS) is 29.3. The topological polar surface area (TPSA) is 55.4 Å². The first-order valence-corrected chi connectivity index (χ1v) is 7.76. The first-order chi connectivity index (χ1) is 9.76. The van der Waals surface area contributed by atoms with Crippen LogP contribution in [0, 0.1) is 11.8 Å². The molecule has 4 nitrogen and oxygen atoms in total. The van der Waals surface area contributed by atoms with Gasteiger partial charge in [-0.05, 0) is 57.6 Å². The maximum absolute atomic E-state index is 11.8. The second kappa shape index (κ2) is 7.21. The second-order valence-electron chi connectivity index (χ2n) is 6.88. The third kappa shape index (κ3) is 4.67. The monoisotopic (exact) mass is 295 g/mol. The molecule has 0 aromatic rings. The van der Waals surface area contributed by atoms with Crippen molar-refractivity contribution in [1.82, 2.24) is 5.32 Å². The highest BCUT2D eigenvalue weighted by Gasteiger charge is 2.39. The summed E-state index contributed by atoms with van der Waals surface area (Å²) in [5.74, 6) is 0.496. The molecule has 1 atom stereocenters. The number of methoxy groups -OCH3 is 1. The van der Waals surface area contributed by atoms with Gasteiger partial charge in [0.2, 0.25) is 6.41 Å². The zero-order chi connectivity index (χ0) is 16.1. The van der Waals surface area contributed by atoms with Gasteiger partial charge in [-0.15, -0.1) is 0 Å². The van der Waals surface area contributed by atoms with E-state index in [0.717, 1.165) is 32.1 Å². The van der Waals surface area contributed by atoms with Crippen molar-refractivity contribution < 1.29 is 14.3 Å². The molecule has 0 radical (unpaired) electrons. The molecular formula is C17H29NO3. The number of hydrogen-bond donors (Lipinski definition) is 1. The lowest BCUT2D eigenvalue weighted by atomic mass is 9.71. The number of nitrogens with one attached hydrogen (secondary N) is 1. The number of ether oxygens (including phenoxy) is 1. The molecule has 1 fully saturated rings. The van der Waals surface area contributed by atoms with Crippen LogP contribution in [-0.2, 0) is 14.3 Å². The van der Waals surface area contributed by atoms with Gasteiger partial charge in [0.15, 0.2) is 5.78 Å². The number of rotatable bonds is 7. The van der Waals surface area contributed by atoms with Crippen LogP contribution in [0.15, 0.2) is 12.2 Å². The fourth-order valence-electron chi connectivity index (χ4n) is 2.93. The van der Waals surface area contributed by atoms with E-state index in [1.54, 1.807) is 13.2 Å². The van der Waals surface area contributed by atoms with Crippen molar-refractivity contribution in [3.05, 3.63) is 12.2 Å². The molecule has 1 rings (SSSR count). The van der Waals surface area contributed by atoms with E-state index in [1.807, 2.05) is 26.8 Å². The minimum absolute atomic E-state index is 0.00814. The van der Waals surface area contributed by atoms with Crippen LogP contribution in [0.1, 0.15) is 53.4 Å². The molecule has 0 spiro atoms. The Balaban J connectivity index is 2.73. The van der Waals surface area contributed by atoms with Crippen molar-refractivity contribution in [3.8, 4) is 0 Å². The largest absolute Gasteiger partial charge is 0.374 e. The van der Waals surface area contributed by atoms with Crippen LogP contribution in [0.4, 0.5) is 0 Å². The van der Waals surface area contributed by atoms with Gasteiger partial charge >= 0.3 is 0 Å². The maximum Gasteiger partial charge on any atom is 0.207 e. The van der Waals surface area contributed by atoms with Crippen molar-refractivity contribution in [2.75, 3.05) is 7.11 Å². The smallest absolute Gasteiger partial charge is 0.207 e. The van der Waals surface area contributed by atoms with Crippen LogP contribution < -0.4 is 5.32 Å². The summed E-state index contributed by atoms with van der Waals surface area (Å²) in [7, 11) is 1.70. The summed E-state index contributed by atoms with van der Waals surface area (Å²) in [5.41, 5.74) is -0.530. The van der Waals surface area contributed by atoms with Gasteiger partial charge < -0.3 is 10.1 Å². The Hall–Kier alpha value is -1.16. The summed E-state index contributed by atoms with van der Waals surface area (Å²) >= 11 is 0. The Morgan fingerprint density at radius 1 is 1.38 bits per heavy atom. The van der Waals surface area contributed by atoms with Crippen LogP contribution >= 0.6 is 0 Å². The van der Waals surface area contributed by atoms with E-state index in [9.17, 15) is 9.59 Å². The Kier molecular flexibility index (Phi) is 6.14. The van der Waals surface area contributed by atoms with Gasteiger partial charge in [-0.25, -0.2) is 0 Å². The summed E-state index contributed by atoms with van der Waals surface area (Å²) in [4.78, 5) is 22.5. The summed E-state index contributed by atoms with van der Waals surface area (Å²) in [6.45, 7) is 7.92. The Bertz CT molecular complexity index is 395. The Labute approximate surface area is 128 Å². The zero-order valence-corrected chi connectivity index (χ0v) is 13.9. The van der Waals surface area contributed by atoms with Gasteiger partial charge in [0.1, 0.15) is 0 Å². The lowest BCUT2D eigenvalue weighted by Gasteiger charge is -2.43. The average Bonchev–Trinajstić information content (AvgIpc) is 2.45. The molecule has 4 heteroatoms. The van der Waals surface area contributed by atoms with Gasteiger partial charge in [0.05, 0.1) is 5.60 Å². The van der Waals surface area contributed by atoms with Crippen molar-refractivity contribution in [2.45, 2.75) is 64.5 Å². The molecule has 0 saturated heterocycles. The molecule has 1 amide bonds. The van der Waals surface area contributed by atoms with E-state index in [1.165, 1.54) is 0 Å². The Morgan fingerprint density at radius 2 is 1.95 bits per heavy atom. The molecule has 0 aromatic heterocycles. The highest BCUT2D eigenvalue weighted by molar-refractivity contribution is 5.91.